The number of nitrogens with one attached hydrogen (secondary N) is 2. The van der Waals surface area contributed by atoms with Crippen molar-refractivity contribution in [2.24, 2.45) is 0 Å². The molecular weight excluding hydrogens is 249 g/mol. The standard InChI is InChI=1S/C9H7N5.2ClH/c1-2-6-7(10-3-1)4-8(12-6)9-5-11-14-13-9;;/h1-5,12H,(H,11,13,14);2*1H. The van der Waals surface area contributed by atoms with Crippen LogP contribution >= 0.6 is 24.8 Å². The molecule has 0 unspecified atom stereocenters. The van der Waals surface area contributed by atoms with Gasteiger partial charge in [0.25, 0.3) is 0 Å². The Balaban J connectivity index is 0.000000640. The number of halogens is 2. The second kappa shape index (κ2) is 4.96. The van der Waals surface area contributed by atoms with E-state index in [0.717, 1.165) is 22.4 Å². The SMILES string of the molecule is Cl.Cl.c1cnc2cc(-c3cn[nH]n3)[nH]c2c1. The first-order chi connectivity index (χ1) is 6.93. The minimum absolute atomic E-state index is 0. The highest BCUT2D eigenvalue weighted by molar-refractivity contribution is 5.85. The number of fused-ring (bicyclic) bond motifs is 1. The smallest absolute Gasteiger partial charge is 0.129 e. The highest BCUT2D eigenvalue weighted by atomic mass is 35.5. The first kappa shape index (κ1) is 12.5. The molecule has 0 aromatic carbocycles. The Kier molecular flexibility index (Phi) is 3.87. The van der Waals surface area contributed by atoms with Crippen LogP contribution in [0.1, 0.15) is 0 Å². The maximum atomic E-state index is 4.22. The molecule has 3 aromatic rings. The van der Waals surface area contributed by atoms with Gasteiger partial charge < -0.3 is 4.98 Å². The van der Waals surface area contributed by atoms with Crippen molar-refractivity contribution < 1.29 is 0 Å². The van der Waals surface area contributed by atoms with Gasteiger partial charge in [0.15, 0.2) is 0 Å². The monoisotopic (exact) mass is 257 g/mol. The number of nitrogens with zero attached hydrogens (tertiary/aromatic N) is 3. The quantitative estimate of drug-likeness (QED) is 0.702. The molecule has 0 fully saturated rings. The highest BCUT2D eigenvalue weighted by Gasteiger charge is 2.04. The molecule has 0 bridgehead atoms. The van der Waals surface area contributed by atoms with Gasteiger partial charge in [-0.25, -0.2) is 0 Å². The maximum Gasteiger partial charge on any atom is 0.129 e. The molecule has 3 aromatic heterocycles. The summed E-state index contributed by atoms with van der Waals surface area (Å²) in [5, 5.41) is 10.3. The number of rotatable bonds is 1. The van der Waals surface area contributed by atoms with Gasteiger partial charge in [0.05, 0.1) is 22.9 Å². The maximum absolute atomic E-state index is 4.22. The number of aromatic nitrogens is 5. The summed E-state index contributed by atoms with van der Waals surface area (Å²) < 4.78 is 0. The molecule has 0 atom stereocenters. The van der Waals surface area contributed by atoms with Crippen molar-refractivity contribution in [3.05, 3.63) is 30.6 Å². The summed E-state index contributed by atoms with van der Waals surface area (Å²) in [6, 6.07) is 5.82. The van der Waals surface area contributed by atoms with E-state index < -0.39 is 0 Å². The van der Waals surface area contributed by atoms with Crippen LogP contribution in [0.4, 0.5) is 0 Å². The average Bonchev–Trinajstić information content (AvgIpc) is 2.86. The van der Waals surface area contributed by atoms with E-state index in [-0.39, 0.29) is 24.8 Å². The fourth-order valence-corrected chi connectivity index (χ4v) is 1.43. The average molecular weight is 258 g/mol. The van der Waals surface area contributed by atoms with Crippen molar-refractivity contribution in [2.75, 3.05) is 0 Å². The lowest BCUT2D eigenvalue weighted by Crippen LogP contribution is -1.75. The lowest BCUT2D eigenvalue weighted by molar-refractivity contribution is 0.941. The van der Waals surface area contributed by atoms with Gasteiger partial charge in [0, 0.05) is 6.20 Å². The molecule has 0 aliphatic rings. The van der Waals surface area contributed by atoms with Crippen LogP contribution in [0.25, 0.3) is 22.4 Å². The lowest BCUT2D eigenvalue weighted by Gasteiger charge is -1.85. The second-order valence-corrected chi connectivity index (χ2v) is 2.97. The van der Waals surface area contributed by atoms with E-state index in [1.807, 2.05) is 18.2 Å². The van der Waals surface area contributed by atoms with E-state index in [4.69, 9.17) is 0 Å². The fourth-order valence-electron chi connectivity index (χ4n) is 1.43. The van der Waals surface area contributed by atoms with E-state index in [9.17, 15) is 0 Å². The number of H-pyrrole nitrogens is 2. The lowest BCUT2D eigenvalue weighted by atomic mass is 10.3. The van der Waals surface area contributed by atoms with Crippen molar-refractivity contribution in [1.82, 2.24) is 25.4 Å². The normalized spacial score (nSPS) is 9.50. The second-order valence-electron chi connectivity index (χ2n) is 2.97. The third-order valence-corrected chi connectivity index (χ3v) is 2.08. The van der Waals surface area contributed by atoms with E-state index >= 15 is 0 Å². The van der Waals surface area contributed by atoms with Crippen molar-refractivity contribution in [3.63, 3.8) is 0 Å². The summed E-state index contributed by atoms with van der Waals surface area (Å²) in [5.74, 6) is 0. The van der Waals surface area contributed by atoms with E-state index in [1.54, 1.807) is 12.4 Å². The summed E-state index contributed by atoms with van der Waals surface area (Å²) in [6.07, 6.45) is 3.44. The largest absolute Gasteiger partial charge is 0.352 e. The zero-order chi connectivity index (χ0) is 9.38. The predicted molar refractivity (Wildman–Crippen MR) is 66.0 cm³/mol. The van der Waals surface area contributed by atoms with Crippen LogP contribution in [0.2, 0.25) is 0 Å². The summed E-state index contributed by atoms with van der Waals surface area (Å²) in [4.78, 5) is 7.44. The Bertz CT molecular complexity index is 527. The summed E-state index contributed by atoms with van der Waals surface area (Å²) >= 11 is 0. The van der Waals surface area contributed by atoms with E-state index in [2.05, 4.69) is 25.4 Å². The van der Waals surface area contributed by atoms with Gasteiger partial charge in [0.1, 0.15) is 5.69 Å². The fraction of sp³-hybridized carbons (Fsp3) is 0. The van der Waals surface area contributed by atoms with Gasteiger partial charge in [-0.05, 0) is 18.2 Å². The van der Waals surface area contributed by atoms with Crippen LogP contribution in [-0.2, 0) is 0 Å². The first-order valence-electron chi connectivity index (χ1n) is 4.23. The van der Waals surface area contributed by atoms with Crippen LogP contribution in [0.15, 0.2) is 30.6 Å². The molecule has 0 aliphatic carbocycles. The van der Waals surface area contributed by atoms with E-state index in [0.29, 0.717) is 0 Å². The first-order valence-corrected chi connectivity index (χ1v) is 4.23. The van der Waals surface area contributed by atoms with Crippen molar-refractivity contribution >= 4 is 35.8 Å². The minimum Gasteiger partial charge on any atom is -0.352 e. The molecule has 0 saturated heterocycles. The Morgan fingerprint density at radius 2 is 2.06 bits per heavy atom. The molecule has 3 rings (SSSR count). The van der Waals surface area contributed by atoms with Gasteiger partial charge >= 0.3 is 0 Å². The molecule has 2 N–H and O–H groups in total. The molecule has 0 saturated carbocycles. The third kappa shape index (κ3) is 2.00. The highest BCUT2D eigenvalue weighted by Crippen LogP contribution is 2.19. The predicted octanol–water partition coefficient (Wildman–Crippen LogP) is 2.19. The third-order valence-electron chi connectivity index (χ3n) is 2.08. The zero-order valence-electron chi connectivity index (χ0n) is 8.04. The van der Waals surface area contributed by atoms with Crippen LogP contribution < -0.4 is 0 Å². The number of hydrogen-bond donors (Lipinski definition) is 2. The summed E-state index contributed by atoms with van der Waals surface area (Å²) in [5.41, 5.74) is 3.66. The minimum atomic E-state index is 0. The van der Waals surface area contributed by atoms with Crippen molar-refractivity contribution in [1.29, 1.82) is 0 Å². The van der Waals surface area contributed by atoms with Crippen LogP contribution in [-0.4, -0.2) is 25.4 Å². The van der Waals surface area contributed by atoms with Crippen LogP contribution in [0, 0.1) is 0 Å². The van der Waals surface area contributed by atoms with Crippen LogP contribution in [0.3, 0.4) is 0 Å². The van der Waals surface area contributed by atoms with E-state index in [1.165, 1.54) is 0 Å². The molecule has 3 heterocycles. The Morgan fingerprint density at radius 1 is 1.19 bits per heavy atom. The molecule has 7 heteroatoms. The number of hydrogen-bond acceptors (Lipinski definition) is 3. The van der Waals surface area contributed by atoms with Crippen LogP contribution in [0.5, 0.6) is 0 Å². The van der Waals surface area contributed by atoms with Gasteiger partial charge in [-0.2, -0.15) is 15.4 Å². The molecule has 16 heavy (non-hydrogen) atoms. The topological polar surface area (TPSA) is 70.2 Å². The summed E-state index contributed by atoms with van der Waals surface area (Å²) in [7, 11) is 0. The molecule has 0 radical (unpaired) electrons. The molecule has 84 valence electrons. The Hall–Kier alpha value is -1.59. The molecule has 5 nitrogen and oxygen atoms in total. The number of pyridine rings is 1. The number of aromatic amines is 2. The van der Waals surface area contributed by atoms with Gasteiger partial charge in [-0.1, -0.05) is 0 Å². The van der Waals surface area contributed by atoms with Crippen molar-refractivity contribution in [3.8, 4) is 11.4 Å². The van der Waals surface area contributed by atoms with Gasteiger partial charge in [-0.15, -0.1) is 24.8 Å². The molecule has 0 spiro atoms. The Labute approximate surface area is 103 Å². The summed E-state index contributed by atoms with van der Waals surface area (Å²) in [6.45, 7) is 0. The molecule has 0 amide bonds. The zero-order valence-corrected chi connectivity index (χ0v) is 9.68. The van der Waals surface area contributed by atoms with Crippen molar-refractivity contribution in [2.45, 2.75) is 0 Å². The molecule has 0 aliphatic heterocycles. The van der Waals surface area contributed by atoms with Gasteiger partial charge in [0.2, 0.25) is 0 Å². The Morgan fingerprint density at radius 3 is 2.75 bits per heavy atom. The van der Waals surface area contributed by atoms with Gasteiger partial charge in [-0.3, -0.25) is 4.98 Å². The molecular formula is C9H9Cl2N5.